The smallest absolute Gasteiger partial charge is 0.286 e. The lowest BCUT2D eigenvalue weighted by Crippen LogP contribution is -1.82. The van der Waals surface area contributed by atoms with Crippen LogP contribution in [0.15, 0.2) is 0 Å². The Balaban J connectivity index is 2.99. The van der Waals surface area contributed by atoms with E-state index in [4.69, 9.17) is 0 Å². The normalized spacial score (nSPS) is 11.5. The minimum absolute atomic E-state index is 0.503. The maximum atomic E-state index is 10.3. The van der Waals surface area contributed by atoms with Gasteiger partial charge in [-0.05, 0) is 6.42 Å². The van der Waals surface area contributed by atoms with Crippen molar-refractivity contribution in [1.29, 1.82) is 0 Å². The molecule has 3 nitrogen and oxygen atoms in total. The molecule has 0 bridgehead atoms. The molecule has 0 aliphatic carbocycles. The Hall–Kier alpha value is 0.0200. The van der Waals surface area contributed by atoms with Gasteiger partial charge in [0.15, 0.2) is 0 Å². The summed E-state index contributed by atoms with van der Waals surface area (Å²) in [4.78, 5) is 0. The van der Waals surface area contributed by atoms with Crippen LogP contribution in [0.5, 0.6) is 0 Å². The number of rotatable bonds is 4. The highest BCUT2D eigenvalue weighted by Gasteiger charge is 1.93. The van der Waals surface area contributed by atoms with E-state index in [2.05, 4.69) is 9.05 Å². The standard InChI is InChI=1S/C4H10O3P/c1-3-4-7-8(5)6-2/h3-4H2,1-2H3. The van der Waals surface area contributed by atoms with Gasteiger partial charge in [0.2, 0.25) is 0 Å². The molecule has 0 aliphatic rings. The second kappa shape index (κ2) is 5.16. The summed E-state index contributed by atoms with van der Waals surface area (Å²) in [5.74, 6) is 0. The zero-order valence-electron chi connectivity index (χ0n) is 5.09. The highest BCUT2D eigenvalue weighted by atomic mass is 31.1. The van der Waals surface area contributed by atoms with Gasteiger partial charge >= 0.3 is 8.25 Å². The highest BCUT2D eigenvalue weighted by molar-refractivity contribution is 7.33. The molecule has 0 aromatic rings. The lowest BCUT2D eigenvalue weighted by atomic mass is 10.5. The largest absolute Gasteiger partial charge is 0.368 e. The minimum atomic E-state index is -1.83. The predicted octanol–water partition coefficient (Wildman–Crippen LogP) is 1.72. The summed E-state index contributed by atoms with van der Waals surface area (Å²) in [6.07, 6.45) is 0.866. The summed E-state index contributed by atoms with van der Waals surface area (Å²) in [6.45, 7) is 2.45. The first-order valence-electron chi connectivity index (χ1n) is 2.45. The maximum Gasteiger partial charge on any atom is 0.368 e. The summed E-state index contributed by atoms with van der Waals surface area (Å²) in [6, 6.07) is 0. The second-order valence-corrected chi connectivity index (χ2v) is 2.31. The minimum Gasteiger partial charge on any atom is -0.286 e. The van der Waals surface area contributed by atoms with Crippen LogP contribution < -0.4 is 0 Å². The van der Waals surface area contributed by atoms with Gasteiger partial charge in [-0.3, -0.25) is 9.05 Å². The van der Waals surface area contributed by atoms with E-state index in [0.29, 0.717) is 6.61 Å². The molecule has 8 heavy (non-hydrogen) atoms. The Kier molecular flexibility index (Phi) is 5.18. The van der Waals surface area contributed by atoms with Crippen molar-refractivity contribution in [2.45, 2.75) is 13.3 Å². The van der Waals surface area contributed by atoms with Crippen LogP contribution in [0.4, 0.5) is 0 Å². The van der Waals surface area contributed by atoms with Crippen LogP contribution in [0.2, 0.25) is 0 Å². The van der Waals surface area contributed by atoms with Crippen molar-refractivity contribution in [1.82, 2.24) is 0 Å². The molecule has 0 N–H and O–H groups in total. The van der Waals surface area contributed by atoms with E-state index in [1.165, 1.54) is 7.11 Å². The van der Waals surface area contributed by atoms with Crippen molar-refractivity contribution in [2.24, 2.45) is 0 Å². The van der Waals surface area contributed by atoms with Crippen molar-refractivity contribution < 1.29 is 13.6 Å². The van der Waals surface area contributed by atoms with Crippen molar-refractivity contribution in [2.75, 3.05) is 13.7 Å². The quantitative estimate of drug-likeness (QED) is 0.553. The van der Waals surface area contributed by atoms with Gasteiger partial charge in [0.1, 0.15) is 0 Å². The zero-order valence-corrected chi connectivity index (χ0v) is 5.98. The molecule has 1 unspecified atom stereocenters. The lowest BCUT2D eigenvalue weighted by Gasteiger charge is -1.94. The third-order valence-electron chi connectivity index (χ3n) is 0.550. The molecule has 0 aromatic carbocycles. The van der Waals surface area contributed by atoms with E-state index in [9.17, 15) is 4.57 Å². The Bertz CT molecular complexity index is 73.7. The molecule has 0 heterocycles. The van der Waals surface area contributed by atoms with Crippen molar-refractivity contribution >= 4 is 8.25 Å². The van der Waals surface area contributed by atoms with Gasteiger partial charge in [-0.25, -0.2) is 4.57 Å². The van der Waals surface area contributed by atoms with Crippen molar-refractivity contribution in [3.63, 3.8) is 0 Å². The topological polar surface area (TPSA) is 35.5 Å². The second-order valence-electron chi connectivity index (χ2n) is 1.24. The molecule has 0 rings (SSSR count). The molecule has 49 valence electrons. The average molecular weight is 137 g/mol. The predicted molar refractivity (Wildman–Crippen MR) is 30.9 cm³/mol. The number of hydrogen-bond donors (Lipinski definition) is 0. The van der Waals surface area contributed by atoms with Crippen LogP contribution in [0.1, 0.15) is 13.3 Å². The maximum absolute atomic E-state index is 10.3. The van der Waals surface area contributed by atoms with Gasteiger partial charge in [-0.2, -0.15) is 0 Å². The van der Waals surface area contributed by atoms with Crippen LogP contribution >= 0.6 is 8.25 Å². The van der Waals surface area contributed by atoms with Crippen molar-refractivity contribution in [3.05, 3.63) is 0 Å². The monoisotopic (exact) mass is 137 g/mol. The van der Waals surface area contributed by atoms with Gasteiger partial charge in [0.05, 0.1) is 13.7 Å². The first-order chi connectivity index (χ1) is 3.81. The molecule has 0 amide bonds. The van der Waals surface area contributed by atoms with Crippen molar-refractivity contribution in [3.8, 4) is 0 Å². The summed E-state index contributed by atoms with van der Waals surface area (Å²) in [5, 5.41) is 0. The number of hydrogen-bond acceptors (Lipinski definition) is 3. The molecule has 0 aromatic heterocycles. The first-order valence-corrected chi connectivity index (χ1v) is 3.55. The fourth-order valence-corrected chi connectivity index (χ4v) is 0.656. The molecule has 1 radical (unpaired) electrons. The fourth-order valence-electron chi connectivity index (χ4n) is 0.219. The molecular weight excluding hydrogens is 127 g/mol. The molecule has 4 heteroatoms. The summed E-state index contributed by atoms with van der Waals surface area (Å²) >= 11 is 0. The van der Waals surface area contributed by atoms with E-state index in [0.717, 1.165) is 6.42 Å². The highest BCUT2D eigenvalue weighted by Crippen LogP contribution is 2.20. The fraction of sp³-hybridized carbons (Fsp3) is 1.00. The molecule has 0 saturated carbocycles. The molecule has 0 spiro atoms. The van der Waals surface area contributed by atoms with E-state index in [1.54, 1.807) is 0 Å². The van der Waals surface area contributed by atoms with Gasteiger partial charge in [0, 0.05) is 0 Å². The van der Waals surface area contributed by atoms with E-state index in [-0.39, 0.29) is 0 Å². The molecule has 0 saturated heterocycles. The van der Waals surface area contributed by atoms with Crippen LogP contribution in [0, 0.1) is 0 Å². The average Bonchev–Trinajstić information content (AvgIpc) is 1.83. The molecular formula is C4H10O3P. The van der Waals surface area contributed by atoms with Crippen LogP contribution in [0.25, 0.3) is 0 Å². The van der Waals surface area contributed by atoms with Crippen LogP contribution in [-0.2, 0) is 13.6 Å². The first kappa shape index (κ1) is 8.02. The lowest BCUT2D eigenvalue weighted by molar-refractivity contribution is 0.256. The van der Waals surface area contributed by atoms with Crippen LogP contribution in [-0.4, -0.2) is 13.7 Å². The Morgan fingerprint density at radius 1 is 1.62 bits per heavy atom. The third-order valence-corrected chi connectivity index (χ3v) is 1.24. The van der Waals surface area contributed by atoms with E-state index < -0.39 is 8.25 Å². The Labute approximate surface area is 49.9 Å². The van der Waals surface area contributed by atoms with Gasteiger partial charge in [-0.1, -0.05) is 6.92 Å². The van der Waals surface area contributed by atoms with Gasteiger partial charge in [0.25, 0.3) is 0 Å². The molecule has 1 atom stereocenters. The summed E-state index contributed by atoms with van der Waals surface area (Å²) in [7, 11) is -0.479. The Morgan fingerprint density at radius 2 is 2.25 bits per heavy atom. The zero-order chi connectivity index (χ0) is 6.41. The summed E-state index contributed by atoms with van der Waals surface area (Å²) in [5.41, 5.74) is 0. The van der Waals surface area contributed by atoms with Gasteiger partial charge in [-0.15, -0.1) is 0 Å². The molecule has 0 fully saturated rings. The SMILES string of the molecule is CCCO[P](=O)OC. The molecule has 0 aliphatic heterocycles. The van der Waals surface area contributed by atoms with Gasteiger partial charge < -0.3 is 0 Å². The summed E-state index contributed by atoms with van der Waals surface area (Å²) < 4.78 is 19.2. The van der Waals surface area contributed by atoms with Crippen LogP contribution in [0.3, 0.4) is 0 Å². The van der Waals surface area contributed by atoms with E-state index >= 15 is 0 Å². The third kappa shape index (κ3) is 4.19. The Morgan fingerprint density at radius 3 is 2.62 bits per heavy atom. The van der Waals surface area contributed by atoms with E-state index in [1.807, 2.05) is 6.92 Å².